The number of nitrogens with zero attached hydrogens (tertiary/aromatic N) is 1. The maximum absolute atomic E-state index is 12.5. The van der Waals surface area contributed by atoms with Gasteiger partial charge in [0.25, 0.3) is 11.8 Å². The minimum Gasteiger partial charge on any atom is -0.404 e. The fourth-order valence-electron chi connectivity index (χ4n) is 2.46. The summed E-state index contributed by atoms with van der Waals surface area (Å²) in [4.78, 5) is 42.5. The molecule has 2 aromatic carbocycles. The van der Waals surface area contributed by atoms with E-state index in [1.165, 1.54) is 12.1 Å². The van der Waals surface area contributed by atoms with Crippen LogP contribution in [0.1, 0.15) is 20.7 Å². The first-order valence-corrected chi connectivity index (χ1v) is 9.87. The van der Waals surface area contributed by atoms with Crippen LogP contribution in [0.4, 0.5) is 13.2 Å². The molecule has 0 aromatic heterocycles. The summed E-state index contributed by atoms with van der Waals surface area (Å²) < 4.78 is 79.1. The lowest BCUT2D eigenvalue weighted by Gasteiger charge is -2.26. The van der Waals surface area contributed by atoms with Gasteiger partial charge in [0.05, 0.1) is 11.1 Å². The zero-order valence-electron chi connectivity index (χ0n) is 13.1. The van der Waals surface area contributed by atoms with Crippen LogP contribution in [0, 0.1) is 0 Å². The number of phosphoric ester groups is 1. The lowest BCUT2D eigenvalue weighted by atomic mass is 9.95. The maximum Gasteiger partial charge on any atom is 0.525 e. The molecule has 0 spiro atoms. The molecule has 28 heavy (non-hydrogen) atoms. The van der Waals surface area contributed by atoms with E-state index in [9.17, 15) is 35.7 Å². The number of carbonyl (C=O) groups is 2. The van der Waals surface area contributed by atoms with Crippen LogP contribution in [0.3, 0.4) is 0 Å². The molecule has 0 atom stereocenters. The number of amides is 2. The molecule has 0 bridgehead atoms. The number of phosphoric acid groups is 1. The molecule has 0 radical (unpaired) electrons. The Morgan fingerprint density at radius 1 is 1.04 bits per heavy atom. The molecular formula is C13H7F3NO9PS. The molecule has 1 aliphatic rings. The van der Waals surface area contributed by atoms with E-state index < -0.39 is 51.6 Å². The molecule has 0 saturated carbocycles. The second-order valence-electron chi connectivity index (χ2n) is 5.34. The monoisotopic (exact) mass is 441 g/mol. The summed E-state index contributed by atoms with van der Waals surface area (Å²) in [7, 11) is -11.4. The Kier molecular flexibility index (Phi) is 4.52. The highest BCUT2D eigenvalue weighted by Crippen LogP contribution is 2.41. The number of alkyl halides is 3. The Bertz CT molecular complexity index is 1170. The van der Waals surface area contributed by atoms with Gasteiger partial charge in [-0.05, 0) is 23.6 Å². The number of halogens is 3. The van der Waals surface area contributed by atoms with Crippen LogP contribution in [-0.2, 0) is 19.0 Å². The van der Waals surface area contributed by atoms with E-state index in [1.54, 1.807) is 0 Å². The largest absolute Gasteiger partial charge is 0.525 e. The third-order valence-corrected chi connectivity index (χ3v) is 4.82. The number of benzene rings is 2. The number of carbonyl (C=O) groups excluding carboxylic acids is 2. The zero-order valence-corrected chi connectivity index (χ0v) is 14.8. The van der Waals surface area contributed by atoms with E-state index in [0.717, 1.165) is 18.2 Å². The molecule has 10 nitrogen and oxygen atoms in total. The van der Waals surface area contributed by atoms with Crippen molar-refractivity contribution in [2.75, 3.05) is 0 Å². The predicted molar refractivity (Wildman–Crippen MR) is 83.2 cm³/mol. The Morgan fingerprint density at radius 3 is 2.21 bits per heavy atom. The van der Waals surface area contributed by atoms with Crippen molar-refractivity contribution in [2.24, 2.45) is 0 Å². The van der Waals surface area contributed by atoms with Crippen LogP contribution in [0.5, 0.6) is 5.75 Å². The van der Waals surface area contributed by atoms with E-state index >= 15 is 0 Å². The zero-order chi connectivity index (χ0) is 21.1. The van der Waals surface area contributed by atoms with Crippen LogP contribution in [0.15, 0.2) is 30.3 Å². The second-order valence-corrected chi connectivity index (χ2v) is 8.02. The molecule has 15 heteroatoms. The topological polar surface area (TPSA) is 148 Å². The molecule has 0 saturated heterocycles. The first kappa shape index (κ1) is 20.2. The van der Waals surface area contributed by atoms with Crippen LogP contribution >= 0.6 is 7.82 Å². The van der Waals surface area contributed by atoms with E-state index in [0.29, 0.717) is 0 Å². The summed E-state index contributed by atoms with van der Waals surface area (Å²) in [5, 5.41) is -0.598. The fourth-order valence-corrected chi connectivity index (χ4v) is 3.25. The van der Waals surface area contributed by atoms with Gasteiger partial charge in [-0.25, -0.2) is 4.57 Å². The summed E-state index contributed by atoms with van der Waals surface area (Å²) in [6.45, 7) is 0. The first-order valence-electron chi connectivity index (χ1n) is 6.93. The number of hydrogen-bond acceptors (Lipinski definition) is 7. The molecule has 2 N–H and O–H groups in total. The quantitative estimate of drug-likeness (QED) is 0.411. The molecular weight excluding hydrogens is 434 g/mol. The highest BCUT2D eigenvalue weighted by Gasteiger charge is 2.51. The summed E-state index contributed by atoms with van der Waals surface area (Å²) in [5.74, 6) is -3.62. The number of hydrogen-bond donors (Lipinski definition) is 2. The van der Waals surface area contributed by atoms with Crippen LogP contribution in [-0.4, -0.2) is 40.6 Å². The lowest BCUT2D eigenvalue weighted by Crippen LogP contribution is -2.44. The second kappa shape index (κ2) is 6.25. The van der Waals surface area contributed by atoms with Gasteiger partial charge in [-0.15, -0.1) is 9.35 Å². The number of imide groups is 1. The molecule has 0 aliphatic carbocycles. The van der Waals surface area contributed by atoms with Crippen molar-refractivity contribution in [2.45, 2.75) is 5.51 Å². The molecule has 1 aliphatic heterocycles. The lowest BCUT2D eigenvalue weighted by molar-refractivity contribution is -0.0761. The van der Waals surface area contributed by atoms with Gasteiger partial charge in [0, 0.05) is 5.39 Å². The molecule has 3 rings (SSSR count). The minimum atomic E-state index is -6.35. The SMILES string of the molecule is O=C1c2cccc3cc(OP(=O)(O)O)cc(c23)C(=O)N1OS(=O)(=O)C(F)(F)F. The Balaban J connectivity index is 2.18. The van der Waals surface area contributed by atoms with Crippen molar-refractivity contribution in [3.05, 3.63) is 41.5 Å². The van der Waals surface area contributed by atoms with Crippen LogP contribution in [0.25, 0.3) is 10.8 Å². The maximum atomic E-state index is 12.5. The third kappa shape index (κ3) is 3.47. The van der Waals surface area contributed by atoms with Crippen molar-refractivity contribution in [3.63, 3.8) is 0 Å². The number of hydroxylamine groups is 2. The van der Waals surface area contributed by atoms with Gasteiger partial charge < -0.3 is 4.52 Å². The first-order chi connectivity index (χ1) is 12.7. The standard InChI is InChI=1S/C13H7F3NO9PS/c14-13(15,16)28(23,24)26-17-11(18)8-3-1-2-6-4-7(25-27(20,21)22)5-9(10(6)8)12(17)19/h1-5H,(H2,20,21,22). The van der Waals surface area contributed by atoms with Gasteiger partial charge in [0.2, 0.25) is 0 Å². The molecule has 150 valence electrons. The summed E-state index contributed by atoms with van der Waals surface area (Å²) >= 11 is 0. The molecule has 2 amide bonds. The minimum absolute atomic E-state index is 0.0819. The smallest absolute Gasteiger partial charge is 0.404 e. The third-order valence-electron chi connectivity index (χ3n) is 3.46. The summed E-state index contributed by atoms with van der Waals surface area (Å²) in [6.07, 6.45) is 0. The molecule has 0 unspecified atom stereocenters. The summed E-state index contributed by atoms with van der Waals surface area (Å²) in [5.41, 5.74) is -6.84. The van der Waals surface area contributed by atoms with Gasteiger partial charge in [0.1, 0.15) is 5.75 Å². The van der Waals surface area contributed by atoms with Crippen molar-refractivity contribution < 1.29 is 54.3 Å². The molecule has 0 fully saturated rings. The van der Waals surface area contributed by atoms with E-state index in [1.807, 2.05) is 0 Å². The van der Waals surface area contributed by atoms with Crippen LogP contribution in [0.2, 0.25) is 0 Å². The van der Waals surface area contributed by atoms with Crippen molar-refractivity contribution in [1.82, 2.24) is 5.06 Å². The van der Waals surface area contributed by atoms with Crippen molar-refractivity contribution in [1.29, 1.82) is 0 Å². The van der Waals surface area contributed by atoms with E-state index in [4.69, 9.17) is 9.79 Å². The predicted octanol–water partition coefficient (Wildman–Crippen LogP) is 1.69. The highest BCUT2D eigenvalue weighted by molar-refractivity contribution is 7.87. The molecule has 2 aromatic rings. The normalized spacial score (nSPS) is 15.2. The van der Waals surface area contributed by atoms with Crippen LogP contribution < -0.4 is 4.52 Å². The van der Waals surface area contributed by atoms with Gasteiger partial charge in [-0.3, -0.25) is 19.4 Å². The number of rotatable bonds is 4. The Labute approximate surface area is 153 Å². The van der Waals surface area contributed by atoms with E-state index in [-0.39, 0.29) is 16.3 Å². The Hall–Kier alpha value is -2.51. The van der Waals surface area contributed by atoms with Gasteiger partial charge in [-0.2, -0.15) is 21.6 Å². The fraction of sp³-hybridized carbons (Fsp3) is 0.0769. The average Bonchev–Trinajstić information content (AvgIpc) is 2.53. The van der Waals surface area contributed by atoms with Gasteiger partial charge >= 0.3 is 23.4 Å². The Morgan fingerprint density at radius 2 is 1.64 bits per heavy atom. The highest BCUT2D eigenvalue weighted by atomic mass is 32.2. The van der Waals surface area contributed by atoms with Crippen molar-refractivity contribution in [3.8, 4) is 5.75 Å². The van der Waals surface area contributed by atoms with Crippen molar-refractivity contribution >= 4 is 40.5 Å². The molecule has 1 heterocycles. The van der Waals surface area contributed by atoms with E-state index in [2.05, 4.69) is 8.81 Å². The average molecular weight is 441 g/mol. The van der Waals surface area contributed by atoms with Gasteiger partial charge in [-0.1, -0.05) is 12.1 Å². The summed E-state index contributed by atoms with van der Waals surface area (Å²) in [6, 6.07) is 5.48. The van der Waals surface area contributed by atoms with Gasteiger partial charge in [0.15, 0.2) is 0 Å².